The number of amides is 2. The Morgan fingerprint density at radius 3 is 2.26 bits per heavy atom. The lowest BCUT2D eigenvalue weighted by Gasteiger charge is -2.20. The minimum absolute atomic E-state index is 0.0873. The van der Waals surface area contributed by atoms with Gasteiger partial charge in [-0.1, -0.05) is 18.2 Å². The van der Waals surface area contributed by atoms with Gasteiger partial charge in [0.25, 0.3) is 5.91 Å². The van der Waals surface area contributed by atoms with E-state index in [9.17, 15) is 14.0 Å². The number of halogens is 1. The van der Waals surface area contributed by atoms with Crippen molar-refractivity contribution in [3.05, 3.63) is 59.4 Å². The Hall–Kier alpha value is -2.69. The highest BCUT2D eigenvalue weighted by Crippen LogP contribution is 2.30. The standard InChI is InChI=1S/C18H17FN2O2/c1-11-4-3-5-12(2)17(11)21-16(22)10-15(18(21)23)20-14-8-6-13(19)7-9-14/h3-9,15,20H,10H2,1-2H3/t15-/m1/s1. The zero-order valence-electron chi connectivity index (χ0n) is 13.0. The molecule has 0 saturated carbocycles. The Morgan fingerprint density at radius 1 is 1.04 bits per heavy atom. The van der Waals surface area contributed by atoms with Crippen molar-refractivity contribution < 1.29 is 14.0 Å². The number of benzene rings is 2. The van der Waals surface area contributed by atoms with E-state index in [2.05, 4.69) is 5.32 Å². The third-order valence-electron chi connectivity index (χ3n) is 3.99. The van der Waals surface area contributed by atoms with E-state index in [-0.39, 0.29) is 24.1 Å². The second kappa shape index (κ2) is 5.83. The van der Waals surface area contributed by atoms with Crippen LogP contribution >= 0.6 is 0 Å². The largest absolute Gasteiger partial charge is 0.373 e. The molecule has 0 radical (unpaired) electrons. The molecule has 118 valence electrons. The molecule has 0 aliphatic carbocycles. The fourth-order valence-electron chi connectivity index (χ4n) is 2.89. The van der Waals surface area contributed by atoms with Crippen LogP contribution in [0.15, 0.2) is 42.5 Å². The number of carbonyl (C=O) groups is 2. The van der Waals surface area contributed by atoms with Crippen molar-refractivity contribution in [1.29, 1.82) is 0 Å². The average Bonchev–Trinajstić information content (AvgIpc) is 2.77. The van der Waals surface area contributed by atoms with Crippen LogP contribution in [0.3, 0.4) is 0 Å². The molecule has 5 heteroatoms. The molecule has 0 spiro atoms. The molecule has 4 nitrogen and oxygen atoms in total. The number of anilines is 2. The summed E-state index contributed by atoms with van der Waals surface area (Å²) in [4.78, 5) is 26.3. The number of rotatable bonds is 3. The number of imide groups is 1. The van der Waals surface area contributed by atoms with Crippen molar-refractivity contribution in [2.75, 3.05) is 10.2 Å². The Kier molecular flexibility index (Phi) is 3.86. The van der Waals surface area contributed by atoms with Gasteiger partial charge in [0.1, 0.15) is 11.9 Å². The molecule has 0 unspecified atom stereocenters. The van der Waals surface area contributed by atoms with E-state index in [1.54, 1.807) is 12.1 Å². The molecular formula is C18H17FN2O2. The van der Waals surface area contributed by atoms with Gasteiger partial charge in [-0.3, -0.25) is 9.59 Å². The van der Waals surface area contributed by atoms with Crippen LogP contribution in [0.1, 0.15) is 17.5 Å². The van der Waals surface area contributed by atoms with Crippen LogP contribution in [-0.4, -0.2) is 17.9 Å². The van der Waals surface area contributed by atoms with Gasteiger partial charge in [0, 0.05) is 5.69 Å². The number of hydrogen-bond donors (Lipinski definition) is 1. The summed E-state index contributed by atoms with van der Waals surface area (Å²) < 4.78 is 13.0. The van der Waals surface area contributed by atoms with Crippen molar-refractivity contribution in [3.8, 4) is 0 Å². The van der Waals surface area contributed by atoms with E-state index < -0.39 is 6.04 Å². The highest BCUT2D eigenvalue weighted by Gasteiger charge is 2.40. The summed E-state index contributed by atoms with van der Waals surface area (Å²) in [5.74, 6) is -0.856. The van der Waals surface area contributed by atoms with Crippen molar-refractivity contribution in [1.82, 2.24) is 0 Å². The molecule has 2 aromatic carbocycles. The number of hydrogen-bond acceptors (Lipinski definition) is 3. The van der Waals surface area contributed by atoms with Crippen LogP contribution in [0, 0.1) is 19.7 Å². The number of carbonyl (C=O) groups excluding carboxylic acids is 2. The monoisotopic (exact) mass is 312 g/mol. The molecular weight excluding hydrogens is 295 g/mol. The molecule has 2 aromatic rings. The van der Waals surface area contributed by atoms with Gasteiger partial charge in [-0.25, -0.2) is 9.29 Å². The van der Waals surface area contributed by atoms with Crippen LogP contribution in [0.2, 0.25) is 0 Å². The van der Waals surface area contributed by atoms with Gasteiger partial charge in [-0.2, -0.15) is 0 Å². The fraction of sp³-hybridized carbons (Fsp3) is 0.222. The molecule has 3 rings (SSSR count). The third kappa shape index (κ3) is 2.82. The molecule has 1 aliphatic rings. The summed E-state index contributed by atoms with van der Waals surface area (Å²) in [6.07, 6.45) is 0.0873. The van der Waals surface area contributed by atoms with Gasteiger partial charge in [0.05, 0.1) is 12.1 Å². The second-order valence-electron chi connectivity index (χ2n) is 5.72. The van der Waals surface area contributed by atoms with Crippen molar-refractivity contribution in [3.63, 3.8) is 0 Å². The van der Waals surface area contributed by atoms with Crippen molar-refractivity contribution >= 4 is 23.2 Å². The summed E-state index contributed by atoms with van der Waals surface area (Å²) in [7, 11) is 0. The Bertz CT molecular complexity index is 751. The number of para-hydroxylation sites is 1. The summed E-state index contributed by atoms with van der Waals surface area (Å²) in [5.41, 5.74) is 3.04. The topological polar surface area (TPSA) is 49.4 Å². The Balaban J connectivity index is 1.87. The highest BCUT2D eigenvalue weighted by molar-refractivity contribution is 6.23. The quantitative estimate of drug-likeness (QED) is 0.886. The van der Waals surface area contributed by atoms with E-state index in [4.69, 9.17) is 0 Å². The first-order valence-electron chi connectivity index (χ1n) is 7.42. The van der Waals surface area contributed by atoms with Crippen LogP contribution in [0.25, 0.3) is 0 Å². The van der Waals surface area contributed by atoms with E-state index >= 15 is 0 Å². The molecule has 1 heterocycles. The fourth-order valence-corrected chi connectivity index (χ4v) is 2.89. The second-order valence-corrected chi connectivity index (χ2v) is 5.72. The van der Waals surface area contributed by atoms with E-state index in [0.717, 1.165) is 11.1 Å². The number of aryl methyl sites for hydroxylation is 2. The van der Waals surface area contributed by atoms with Gasteiger partial charge in [-0.15, -0.1) is 0 Å². The maximum absolute atomic E-state index is 13.0. The molecule has 1 saturated heterocycles. The predicted molar refractivity (Wildman–Crippen MR) is 86.8 cm³/mol. The normalized spacial score (nSPS) is 17.7. The van der Waals surface area contributed by atoms with Crippen molar-refractivity contribution in [2.24, 2.45) is 0 Å². The summed E-state index contributed by atoms with van der Waals surface area (Å²) in [5, 5.41) is 3.01. The summed E-state index contributed by atoms with van der Waals surface area (Å²) >= 11 is 0. The lowest BCUT2D eigenvalue weighted by Crippen LogP contribution is -2.35. The first kappa shape index (κ1) is 15.2. The smallest absolute Gasteiger partial charge is 0.256 e. The van der Waals surface area contributed by atoms with Crippen LogP contribution in [0.4, 0.5) is 15.8 Å². The Labute approximate surface area is 133 Å². The molecule has 23 heavy (non-hydrogen) atoms. The Morgan fingerprint density at radius 2 is 1.65 bits per heavy atom. The van der Waals surface area contributed by atoms with Crippen LogP contribution < -0.4 is 10.2 Å². The summed E-state index contributed by atoms with van der Waals surface area (Å²) in [6, 6.07) is 10.7. The van der Waals surface area contributed by atoms with Gasteiger partial charge in [-0.05, 0) is 49.2 Å². The van der Waals surface area contributed by atoms with Gasteiger partial charge >= 0.3 is 0 Å². The zero-order chi connectivity index (χ0) is 16.6. The van der Waals surface area contributed by atoms with Crippen LogP contribution in [-0.2, 0) is 9.59 Å². The van der Waals surface area contributed by atoms with Gasteiger partial charge < -0.3 is 5.32 Å². The molecule has 1 atom stereocenters. The first-order valence-corrected chi connectivity index (χ1v) is 7.42. The molecule has 1 N–H and O–H groups in total. The molecule has 2 amide bonds. The van der Waals surface area contributed by atoms with E-state index in [1.807, 2.05) is 32.0 Å². The SMILES string of the molecule is Cc1cccc(C)c1N1C(=O)C[C@@H](Nc2ccc(F)cc2)C1=O. The maximum atomic E-state index is 13.0. The molecule has 0 aromatic heterocycles. The molecule has 0 bridgehead atoms. The zero-order valence-corrected chi connectivity index (χ0v) is 13.0. The summed E-state index contributed by atoms with van der Waals surface area (Å²) in [6.45, 7) is 3.76. The van der Waals surface area contributed by atoms with Gasteiger partial charge in [0.2, 0.25) is 5.91 Å². The van der Waals surface area contributed by atoms with E-state index in [0.29, 0.717) is 11.4 Å². The lowest BCUT2D eigenvalue weighted by molar-refractivity contribution is -0.121. The van der Waals surface area contributed by atoms with E-state index in [1.165, 1.54) is 17.0 Å². The highest BCUT2D eigenvalue weighted by atomic mass is 19.1. The molecule has 1 fully saturated rings. The third-order valence-corrected chi connectivity index (χ3v) is 3.99. The minimum Gasteiger partial charge on any atom is -0.373 e. The molecule has 1 aliphatic heterocycles. The van der Waals surface area contributed by atoms with Gasteiger partial charge in [0.15, 0.2) is 0 Å². The van der Waals surface area contributed by atoms with Crippen LogP contribution in [0.5, 0.6) is 0 Å². The number of nitrogens with one attached hydrogen (secondary N) is 1. The first-order chi connectivity index (χ1) is 11.0. The average molecular weight is 312 g/mol. The maximum Gasteiger partial charge on any atom is 0.256 e. The minimum atomic E-state index is -0.632. The number of nitrogens with zero attached hydrogens (tertiary/aromatic N) is 1. The predicted octanol–water partition coefficient (Wildman–Crippen LogP) is 3.19. The lowest BCUT2D eigenvalue weighted by atomic mass is 10.1. The van der Waals surface area contributed by atoms with Crippen molar-refractivity contribution in [2.45, 2.75) is 26.3 Å².